The van der Waals surface area contributed by atoms with E-state index in [1.807, 2.05) is 29.2 Å². The molecule has 0 saturated carbocycles. The number of hydrogen-bond donors (Lipinski definition) is 1. The van der Waals surface area contributed by atoms with Gasteiger partial charge in [0.2, 0.25) is 21.8 Å². The number of rotatable bonds is 7. The molecule has 3 heterocycles. The first-order valence-electron chi connectivity index (χ1n) is 13.8. The molecule has 2 amide bonds. The van der Waals surface area contributed by atoms with Gasteiger partial charge in [-0.3, -0.25) is 14.5 Å². The first-order valence-corrected chi connectivity index (χ1v) is 16.1. The minimum Gasteiger partial charge on any atom is -0.338 e. The van der Waals surface area contributed by atoms with Gasteiger partial charge in [-0.25, -0.2) is 8.42 Å². The Labute approximate surface area is 243 Å². The summed E-state index contributed by atoms with van der Waals surface area (Å²) in [6.45, 7) is 2.66. The predicted molar refractivity (Wildman–Crippen MR) is 157 cm³/mol. The molecule has 3 aliphatic heterocycles. The maximum absolute atomic E-state index is 13.3. The molecule has 10 heteroatoms. The monoisotopic (exact) mass is 624 g/mol. The number of halogens is 1. The van der Waals surface area contributed by atoms with E-state index < -0.39 is 16.1 Å². The zero-order valence-electron chi connectivity index (χ0n) is 22.2. The Bertz CT molecular complexity index is 1520. The summed E-state index contributed by atoms with van der Waals surface area (Å²) >= 11 is 3.43. The molecule has 3 aromatic carbocycles. The second kappa shape index (κ2) is 11.2. The second-order valence-corrected chi connectivity index (χ2v) is 13.7. The minimum atomic E-state index is -3.92. The number of piperidine rings is 1. The largest absolute Gasteiger partial charge is 0.338 e. The number of piperazine rings is 1. The van der Waals surface area contributed by atoms with Crippen molar-refractivity contribution in [3.8, 4) is 0 Å². The summed E-state index contributed by atoms with van der Waals surface area (Å²) in [6, 6.07) is 20.7. The van der Waals surface area contributed by atoms with Crippen molar-refractivity contribution in [3.05, 3.63) is 76.8 Å². The quantitative estimate of drug-likeness (QED) is 0.432. The molecule has 3 atom stereocenters. The molecular formula is C30H33BrN4O4S. The van der Waals surface area contributed by atoms with Gasteiger partial charge in [0.05, 0.1) is 11.4 Å². The molecule has 3 unspecified atom stereocenters. The van der Waals surface area contributed by atoms with Gasteiger partial charge in [0.15, 0.2) is 0 Å². The molecule has 0 radical (unpaired) electrons. The van der Waals surface area contributed by atoms with Crippen molar-refractivity contribution in [2.75, 3.05) is 26.2 Å². The van der Waals surface area contributed by atoms with Crippen molar-refractivity contribution in [3.63, 3.8) is 0 Å². The molecule has 3 aliphatic rings. The molecule has 8 nitrogen and oxygen atoms in total. The maximum atomic E-state index is 13.3. The molecule has 3 aromatic rings. The number of carbonyl (C=O) groups excluding carboxylic acids is 2. The van der Waals surface area contributed by atoms with E-state index in [2.05, 4.69) is 49.8 Å². The van der Waals surface area contributed by atoms with Gasteiger partial charge < -0.3 is 9.80 Å². The summed E-state index contributed by atoms with van der Waals surface area (Å²) in [4.78, 5) is 32.7. The summed E-state index contributed by atoms with van der Waals surface area (Å²) in [5.74, 6) is -0.396. The van der Waals surface area contributed by atoms with Crippen LogP contribution in [0.5, 0.6) is 0 Å². The van der Waals surface area contributed by atoms with Crippen LogP contribution >= 0.6 is 15.9 Å². The van der Waals surface area contributed by atoms with Gasteiger partial charge in [0.1, 0.15) is 6.04 Å². The van der Waals surface area contributed by atoms with Gasteiger partial charge in [-0.1, -0.05) is 58.4 Å². The summed E-state index contributed by atoms with van der Waals surface area (Å²) in [7, 11) is -3.92. The topological polar surface area (TPSA) is 90.0 Å². The summed E-state index contributed by atoms with van der Waals surface area (Å²) < 4.78 is 29.9. The zero-order valence-corrected chi connectivity index (χ0v) is 24.6. The van der Waals surface area contributed by atoms with Crippen molar-refractivity contribution >= 4 is 48.5 Å². The second-order valence-electron chi connectivity index (χ2n) is 11.1. The minimum absolute atomic E-state index is 0.0139. The fraction of sp³-hybridized carbons (Fsp3) is 0.400. The Morgan fingerprint density at radius 1 is 0.925 bits per heavy atom. The lowest BCUT2D eigenvalue weighted by Crippen LogP contribution is -2.58. The molecule has 40 heavy (non-hydrogen) atoms. The van der Waals surface area contributed by atoms with E-state index in [1.54, 1.807) is 18.2 Å². The summed E-state index contributed by atoms with van der Waals surface area (Å²) in [6.07, 6.45) is 3.18. The third-order valence-electron chi connectivity index (χ3n) is 8.43. The number of hydrogen-bond acceptors (Lipinski definition) is 5. The molecule has 0 aliphatic carbocycles. The Morgan fingerprint density at radius 2 is 1.62 bits per heavy atom. The van der Waals surface area contributed by atoms with E-state index in [1.165, 1.54) is 10.5 Å². The van der Waals surface area contributed by atoms with Crippen LogP contribution in [0.4, 0.5) is 0 Å². The van der Waals surface area contributed by atoms with E-state index in [-0.39, 0.29) is 23.3 Å². The zero-order chi connectivity index (χ0) is 27.9. The lowest BCUT2D eigenvalue weighted by atomic mass is 10.1. The van der Waals surface area contributed by atoms with Gasteiger partial charge in [-0.15, -0.1) is 0 Å². The van der Waals surface area contributed by atoms with E-state index in [0.717, 1.165) is 34.6 Å². The van der Waals surface area contributed by atoms with E-state index >= 15 is 0 Å². The molecule has 210 valence electrons. The summed E-state index contributed by atoms with van der Waals surface area (Å²) in [5, 5.41) is 1.71. The number of carbonyl (C=O) groups is 2. The number of nitrogens with zero attached hydrogens (tertiary/aromatic N) is 3. The van der Waals surface area contributed by atoms with Crippen LogP contribution in [0.2, 0.25) is 0 Å². The highest BCUT2D eigenvalue weighted by Crippen LogP contribution is 2.32. The molecule has 0 aromatic heterocycles. The molecule has 1 N–H and O–H groups in total. The van der Waals surface area contributed by atoms with Crippen molar-refractivity contribution in [1.29, 1.82) is 0 Å². The molecule has 3 saturated heterocycles. The Balaban J connectivity index is 1.08. The fourth-order valence-corrected chi connectivity index (χ4v) is 7.97. The third-order valence-corrected chi connectivity index (χ3v) is 10.4. The van der Waals surface area contributed by atoms with E-state index in [0.29, 0.717) is 44.6 Å². The lowest BCUT2D eigenvalue weighted by molar-refractivity contribution is -0.144. The van der Waals surface area contributed by atoms with Crippen LogP contribution in [-0.4, -0.2) is 79.2 Å². The average molecular weight is 626 g/mol. The standard InChI is InChI=1S/C30H33BrN4O4S/c31-24-10-8-23-16-27(13-9-22(23)15-24)40(38,39)32-28-7-4-14-33(30(28)37)20-29(36)34-18-25-11-12-26(19-34)35(25)17-21-5-2-1-3-6-21/h1-3,5-6,8-10,13,15-16,25-26,28,32H,4,7,11-12,14,17-20H2. The van der Waals surface area contributed by atoms with E-state index in [9.17, 15) is 18.0 Å². The van der Waals surface area contributed by atoms with Crippen LogP contribution in [0.3, 0.4) is 0 Å². The third kappa shape index (κ3) is 5.68. The lowest BCUT2D eigenvalue weighted by Gasteiger charge is -2.42. The SMILES string of the molecule is O=C(CN1CCCC(NS(=O)(=O)c2ccc3cc(Br)ccc3c2)C1=O)N1CC2CCC(C1)N2Cc1ccccc1. The van der Waals surface area contributed by atoms with Crippen LogP contribution in [0.1, 0.15) is 31.2 Å². The number of fused-ring (bicyclic) bond motifs is 3. The van der Waals surface area contributed by atoms with Crippen LogP contribution in [0.25, 0.3) is 10.8 Å². The number of nitrogens with one attached hydrogen (secondary N) is 1. The summed E-state index contributed by atoms with van der Waals surface area (Å²) in [5.41, 5.74) is 1.28. The molecule has 0 spiro atoms. The average Bonchev–Trinajstić information content (AvgIpc) is 3.16. The Hall–Kier alpha value is -2.79. The Morgan fingerprint density at radius 3 is 2.38 bits per heavy atom. The molecular weight excluding hydrogens is 592 g/mol. The van der Waals surface area contributed by atoms with Crippen molar-refractivity contribution in [2.24, 2.45) is 0 Å². The molecule has 2 bridgehead atoms. The fourth-order valence-electron chi connectivity index (χ4n) is 6.33. The normalized spacial score (nSPS) is 23.6. The van der Waals surface area contributed by atoms with Crippen LogP contribution in [0, 0.1) is 0 Å². The first kappa shape index (κ1) is 27.4. The predicted octanol–water partition coefficient (Wildman–Crippen LogP) is 3.75. The first-order chi connectivity index (χ1) is 19.3. The van der Waals surface area contributed by atoms with Crippen LogP contribution < -0.4 is 4.72 Å². The van der Waals surface area contributed by atoms with Crippen molar-refractivity contribution < 1.29 is 18.0 Å². The number of amides is 2. The highest BCUT2D eigenvalue weighted by atomic mass is 79.9. The Kier molecular flexibility index (Phi) is 7.69. The number of sulfonamides is 1. The molecule has 6 rings (SSSR count). The van der Waals surface area contributed by atoms with Gasteiger partial charge in [-0.2, -0.15) is 4.72 Å². The highest BCUT2D eigenvalue weighted by molar-refractivity contribution is 9.10. The van der Waals surface area contributed by atoms with Gasteiger partial charge in [0, 0.05) is 42.7 Å². The molecule has 3 fully saturated rings. The number of likely N-dealkylation sites (tertiary alicyclic amines) is 2. The van der Waals surface area contributed by atoms with Gasteiger partial charge in [0.25, 0.3) is 0 Å². The number of benzene rings is 3. The highest BCUT2D eigenvalue weighted by Gasteiger charge is 2.42. The van der Waals surface area contributed by atoms with Crippen molar-refractivity contribution in [1.82, 2.24) is 19.4 Å². The maximum Gasteiger partial charge on any atom is 0.242 e. The van der Waals surface area contributed by atoms with Gasteiger partial charge >= 0.3 is 0 Å². The van der Waals surface area contributed by atoms with Crippen LogP contribution in [0.15, 0.2) is 76.1 Å². The van der Waals surface area contributed by atoms with Gasteiger partial charge in [-0.05, 0) is 66.3 Å². The van der Waals surface area contributed by atoms with Crippen LogP contribution in [-0.2, 0) is 26.2 Å². The van der Waals surface area contributed by atoms with Crippen molar-refractivity contribution in [2.45, 2.75) is 55.2 Å². The smallest absolute Gasteiger partial charge is 0.242 e. The van der Waals surface area contributed by atoms with E-state index in [4.69, 9.17) is 0 Å².